The SMILES string of the molecule is O=C([O-])c1ccccc1C1c2ccc(O)c(I)c2Oc2c1ccc(O)c2I.O=C([O-])c1ccccc1C1c2ccc(O)c(I)c2Oc2c1ccc(O)c2I.O=C([O-])c1ccccc1C1c2ccc(O)c(I)c2Oc2c1ccc(O)c2I.[Al+3]. The van der Waals surface area contributed by atoms with Gasteiger partial charge in [0.1, 0.15) is 69.0 Å². The number of hydrogen-bond acceptors (Lipinski definition) is 15. The molecule has 82 heavy (non-hydrogen) atoms. The molecule has 0 amide bonds. The van der Waals surface area contributed by atoms with Crippen molar-refractivity contribution in [2.75, 3.05) is 0 Å². The van der Waals surface area contributed by atoms with Gasteiger partial charge in [-0.2, -0.15) is 0 Å². The minimum absolute atomic E-state index is 0. The van der Waals surface area contributed by atoms with E-state index in [9.17, 15) is 60.3 Å². The Morgan fingerprint density at radius 2 is 0.463 bits per heavy atom. The van der Waals surface area contributed by atoms with Gasteiger partial charge in [0, 0.05) is 67.8 Å². The summed E-state index contributed by atoms with van der Waals surface area (Å²) in [5, 5.41) is 95.7. The van der Waals surface area contributed by atoms with Crippen molar-refractivity contribution in [3.8, 4) is 69.0 Å². The Bertz CT molecular complexity index is 3530. The normalized spacial score (nSPS) is 12.7. The molecule has 0 spiro atoms. The first-order chi connectivity index (χ1) is 38.7. The zero-order valence-electron chi connectivity index (χ0n) is 41.3. The molecule has 408 valence electrons. The van der Waals surface area contributed by atoms with E-state index in [-0.39, 0.29) is 68.5 Å². The fourth-order valence-electron chi connectivity index (χ4n) is 9.97. The summed E-state index contributed by atoms with van der Waals surface area (Å²) < 4.78 is 21.3. The third-order valence-corrected chi connectivity index (χ3v) is 19.9. The Kier molecular flexibility index (Phi) is 18.6. The first-order valence-electron chi connectivity index (χ1n) is 23.7. The van der Waals surface area contributed by atoms with Gasteiger partial charge in [-0.15, -0.1) is 0 Å². The molecular formula is C60H33AlI6O15. The molecule has 3 aliphatic rings. The Morgan fingerprint density at radius 3 is 0.634 bits per heavy atom. The quantitative estimate of drug-likeness (QED) is 0.0667. The number of fused-ring (bicyclic) bond motifs is 6. The Balaban J connectivity index is 0.000000147. The summed E-state index contributed by atoms with van der Waals surface area (Å²) in [6.45, 7) is 0. The van der Waals surface area contributed by atoms with Gasteiger partial charge < -0.3 is 74.6 Å². The molecule has 3 aliphatic heterocycles. The fraction of sp³-hybridized carbons (Fsp3) is 0.0500. The first-order valence-corrected chi connectivity index (χ1v) is 30.2. The topological polar surface area (TPSA) is 269 Å². The molecule has 0 radical (unpaired) electrons. The number of phenols is 6. The van der Waals surface area contributed by atoms with Crippen LogP contribution in [0.5, 0.6) is 69.0 Å². The Morgan fingerprint density at radius 1 is 0.293 bits per heavy atom. The maximum Gasteiger partial charge on any atom is 3.00 e. The molecule has 0 fully saturated rings. The van der Waals surface area contributed by atoms with Crippen molar-refractivity contribution in [1.82, 2.24) is 0 Å². The predicted molar refractivity (Wildman–Crippen MR) is 346 cm³/mol. The summed E-state index contributed by atoms with van der Waals surface area (Å²) in [5.41, 5.74) is 6.37. The van der Waals surface area contributed by atoms with Gasteiger partial charge in [-0.1, -0.05) is 109 Å². The zero-order valence-corrected chi connectivity index (χ0v) is 55.4. The van der Waals surface area contributed by atoms with E-state index in [1.54, 1.807) is 127 Å². The van der Waals surface area contributed by atoms with Crippen LogP contribution in [0.3, 0.4) is 0 Å². The van der Waals surface area contributed by atoms with Crippen LogP contribution in [0.25, 0.3) is 0 Å². The van der Waals surface area contributed by atoms with E-state index in [4.69, 9.17) is 14.2 Å². The number of aromatic carboxylic acids is 3. The summed E-state index contributed by atoms with van der Waals surface area (Å²) in [6.07, 6.45) is 0. The summed E-state index contributed by atoms with van der Waals surface area (Å²) >= 11 is 11.9. The Hall–Kier alpha value is -5.50. The van der Waals surface area contributed by atoms with Crippen LogP contribution in [-0.4, -0.2) is 65.9 Å². The minimum atomic E-state index is -1.26. The number of rotatable bonds is 6. The number of phenolic OH excluding ortho intramolecular Hbond substituents is 6. The van der Waals surface area contributed by atoms with Crippen LogP contribution < -0.4 is 29.5 Å². The largest absolute Gasteiger partial charge is 3.00 e. The van der Waals surface area contributed by atoms with E-state index in [1.807, 2.05) is 136 Å². The maximum absolute atomic E-state index is 11.7. The van der Waals surface area contributed by atoms with Crippen molar-refractivity contribution in [2.45, 2.75) is 17.8 Å². The molecule has 0 saturated heterocycles. The molecular weight excluding hydrogens is 1750 g/mol. The van der Waals surface area contributed by atoms with Crippen LogP contribution in [-0.2, 0) is 0 Å². The number of carboxylic acid groups (broad SMARTS) is 3. The van der Waals surface area contributed by atoms with Crippen molar-refractivity contribution < 1.29 is 74.6 Å². The minimum Gasteiger partial charge on any atom is -0.545 e. The second-order valence-electron chi connectivity index (χ2n) is 18.1. The van der Waals surface area contributed by atoms with Crippen molar-refractivity contribution in [3.63, 3.8) is 0 Å². The van der Waals surface area contributed by atoms with E-state index in [0.29, 0.717) is 72.6 Å². The van der Waals surface area contributed by atoms with Crippen LogP contribution in [0.2, 0.25) is 0 Å². The molecule has 3 heterocycles. The zero-order chi connectivity index (χ0) is 57.9. The summed E-state index contributed by atoms with van der Waals surface area (Å²) in [5.74, 6) is -2.01. The first kappa shape index (κ1) is 61.1. The number of aromatic hydroxyl groups is 6. The summed E-state index contributed by atoms with van der Waals surface area (Å²) in [4.78, 5) is 35.1. The number of halogens is 6. The molecule has 0 saturated carbocycles. The molecule has 15 nitrogen and oxygen atoms in total. The van der Waals surface area contributed by atoms with Gasteiger partial charge in [0.05, 0.1) is 39.3 Å². The van der Waals surface area contributed by atoms with E-state index in [2.05, 4.69) is 0 Å². The second-order valence-corrected chi connectivity index (χ2v) is 24.6. The van der Waals surface area contributed by atoms with E-state index in [1.165, 1.54) is 18.2 Å². The fourth-order valence-corrected chi connectivity index (χ4v) is 13.6. The second kappa shape index (κ2) is 25.0. The van der Waals surface area contributed by atoms with E-state index >= 15 is 0 Å². The smallest absolute Gasteiger partial charge is 0.545 e. The number of ether oxygens (including phenoxy) is 3. The molecule has 0 bridgehead atoms. The predicted octanol–water partition coefficient (Wildman–Crippen LogP) is 11.5. The van der Waals surface area contributed by atoms with E-state index in [0.717, 1.165) is 33.4 Å². The molecule has 9 aromatic rings. The third-order valence-electron chi connectivity index (χ3n) is 13.6. The monoisotopic (exact) mass is 1780 g/mol. The molecule has 9 aromatic carbocycles. The average Bonchev–Trinajstić information content (AvgIpc) is 3.65. The summed E-state index contributed by atoms with van der Waals surface area (Å²) in [6, 6.07) is 39.8. The molecule has 0 unspecified atom stereocenters. The van der Waals surface area contributed by atoms with Gasteiger partial charge in [0.15, 0.2) is 0 Å². The number of carbonyl (C=O) groups is 3. The van der Waals surface area contributed by atoms with Crippen molar-refractivity contribution >= 4 is 171 Å². The standard InChI is InChI=1S/3C20H12I2O5.Al/c3*21-16-13(23)7-5-11-15(9-3-1-2-4-10(9)20(25)26)12-6-8-14(24)17(22)19(12)27-18(11)16;/h3*1-8,15,23-24H,(H,25,26);/q;;;+3/p-3. The number of carbonyl (C=O) groups excluding carboxylic acids is 3. The van der Waals surface area contributed by atoms with Crippen LogP contribution in [0.15, 0.2) is 146 Å². The molecule has 0 atom stereocenters. The van der Waals surface area contributed by atoms with Crippen LogP contribution in [0.1, 0.15) is 98.9 Å². The Labute approximate surface area is 558 Å². The van der Waals surface area contributed by atoms with Gasteiger partial charge in [0.2, 0.25) is 0 Å². The number of benzene rings is 9. The van der Waals surface area contributed by atoms with Crippen molar-refractivity contribution in [2.24, 2.45) is 0 Å². The molecule has 22 heteroatoms. The third kappa shape index (κ3) is 11.2. The van der Waals surface area contributed by atoms with Gasteiger partial charge in [0.25, 0.3) is 0 Å². The van der Waals surface area contributed by atoms with Gasteiger partial charge in [-0.05, 0) is 189 Å². The molecule has 6 N–H and O–H groups in total. The van der Waals surface area contributed by atoms with Gasteiger partial charge in [-0.25, -0.2) is 0 Å². The van der Waals surface area contributed by atoms with Crippen molar-refractivity contribution in [3.05, 3.63) is 234 Å². The molecule has 12 rings (SSSR count). The summed E-state index contributed by atoms with van der Waals surface area (Å²) in [7, 11) is 0. The average molecular weight is 1780 g/mol. The van der Waals surface area contributed by atoms with Crippen LogP contribution in [0.4, 0.5) is 0 Å². The van der Waals surface area contributed by atoms with Crippen LogP contribution in [0, 0.1) is 21.4 Å². The maximum atomic E-state index is 11.7. The molecule has 0 aromatic heterocycles. The van der Waals surface area contributed by atoms with Gasteiger partial charge >= 0.3 is 17.4 Å². The number of carboxylic acids is 3. The molecule has 0 aliphatic carbocycles. The van der Waals surface area contributed by atoms with Crippen LogP contribution >= 0.6 is 136 Å². The van der Waals surface area contributed by atoms with Crippen molar-refractivity contribution in [1.29, 1.82) is 0 Å². The van der Waals surface area contributed by atoms with Gasteiger partial charge in [-0.3, -0.25) is 0 Å². The van der Waals surface area contributed by atoms with E-state index < -0.39 is 35.7 Å². The number of hydrogen-bond donors (Lipinski definition) is 6.